The molecule has 1 fully saturated rings. The summed E-state index contributed by atoms with van der Waals surface area (Å²) in [5.74, 6) is 0.867. The van der Waals surface area contributed by atoms with Crippen molar-refractivity contribution >= 4 is 37.5 Å². The number of benzene rings is 2. The minimum absolute atomic E-state index is 0.0250. The van der Waals surface area contributed by atoms with Gasteiger partial charge in [0.25, 0.3) is 5.91 Å². The van der Waals surface area contributed by atoms with Gasteiger partial charge < -0.3 is 14.0 Å². The van der Waals surface area contributed by atoms with E-state index in [4.69, 9.17) is 9.47 Å². The molecule has 0 radical (unpaired) electrons. The Balaban J connectivity index is 1.63. The quantitative estimate of drug-likeness (QED) is 0.508. The van der Waals surface area contributed by atoms with Crippen molar-refractivity contribution in [3.63, 3.8) is 0 Å². The van der Waals surface area contributed by atoms with Crippen LogP contribution in [0.25, 0.3) is 10.2 Å². The molecule has 0 unspecified atom stereocenters. The number of sulfonamides is 1. The zero-order valence-corrected chi connectivity index (χ0v) is 21.4. The molecule has 3 aromatic rings. The Bertz CT molecular complexity index is 1370. The highest BCUT2D eigenvalue weighted by Crippen LogP contribution is 2.34. The third kappa shape index (κ3) is 4.49. The number of ether oxygens (including phenoxy) is 2. The first-order valence-electron chi connectivity index (χ1n) is 11.2. The number of methoxy groups -OCH3 is 2. The van der Waals surface area contributed by atoms with E-state index in [-0.39, 0.29) is 10.9 Å². The Morgan fingerprint density at radius 2 is 1.65 bits per heavy atom. The number of carbonyl (C=O) groups excluding carboxylic acids is 1. The molecule has 0 N–H and O–H groups in total. The predicted octanol–water partition coefficient (Wildman–Crippen LogP) is 3.95. The first kappa shape index (κ1) is 24.4. The summed E-state index contributed by atoms with van der Waals surface area (Å²) < 4.78 is 41.1. The summed E-state index contributed by atoms with van der Waals surface area (Å²) in [6, 6.07) is 9.64. The van der Waals surface area contributed by atoms with Crippen molar-refractivity contribution in [1.82, 2.24) is 8.87 Å². The van der Waals surface area contributed by atoms with E-state index < -0.39 is 15.9 Å². The Morgan fingerprint density at radius 3 is 2.26 bits per heavy atom. The molecule has 4 rings (SSSR count). The van der Waals surface area contributed by atoms with Crippen LogP contribution in [-0.2, 0) is 17.1 Å². The van der Waals surface area contributed by atoms with Gasteiger partial charge in [-0.05, 0) is 49.2 Å². The molecule has 1 amide bonds. The Hall–Kier alpha value is -2.69. The van der Waals surface area contributed by atoms with Crippen LogP contribution in [0.1, 0.15) is 42.5 Å². The molecule has 1 saturated carbocycles. The van der Waals surface area contributed by atoms with Crippen LogP contribution in [0.4, 0.5) is 0 Å². The highest BCUT2D eigenvalue weighted by molar-refractivity contribution is 7.89. The minimum Gasteiger partial charge on any atom is -0.495 e. The van der Waals surface area contributed by atoms with Crippen LogP contribution in [0.2, 0.25) is 0 Å². The number of carbonyl (C=O) groups is 1. The summed E-state index contributed by atoms with van der Waals surface area (Å²) >= 11 is 1.32. The minimum atomic E-state index is -3.62. The number of hydrogen-bond donors (Lipinski definition) is 0. The molecule has 0 spiro atoms. The monoisotopic (exact) mass is 503 g/mol. The smallest absolute Gasteiger partial charge is 0.279 e. The fourth-order valence-corrected chi connectivity index (χ4v) is 6.90. The van der Waals surface area contributed by atoms with Crippen LogP contribution in [0.3, 0.4) is 0 Å². The van der Waals surface area contributed by atoms with Gasteiger partial charge in [0, 0.05) is 25.7 Å². The van der Waals surface area contributed by atoms with Gasteiger partial charge >= 0.3 is 0 Å². The van der Waals surface area contributed by atoms with Crippen molar-refractivity contribution < 1.29 is 22.7 Å². The number of hydrogen-bond acceptors (Lipinski definition) is 6. The molecule has 10 heteroatoms. The summed E-state index contributed by atoms with van der Waals surface area (Å²) in [6.07, 6.45) is 5.01. The Morgan fingerprint density at radius 1 is 1.03 bits per heavy atom. The lowest BCUT2D eigenvalue weighted by Gasteiger charge is -2.30. The van der Waals surface area contributed by atoms with E-state index in [1.807, 2.05) is 19.2 Å². The van der Waals surface area contributed by atoms with Gasteiger partial charge in [0.2, 0.25) is 10.0 Å². The SMILES string of the molecule is COc1ccc(OC)c2c1sc(=NC(=O)c1ccc(S(=O)(=O)N(C)C3CCCCC3)cc1)n2C. The first-order chi connectivity index (χ1) is 16.3. The maximum Gasteiger partial charge on any atom is 0.279 e. The first-order valence-corrected chi connectivity index (χ1v) is 13.4. The maximum atomic E-state index is 13.1. The number of fused-ring (bicyclic) bond motifs is 1. The summed E-state index contributed by atoms with van der Waals surface area (Å²) in [6.45, 7) is 0. The lowest BCUT2D eigenvalue weighted by molar-refractivity contribution is 0.0998. The second-order valence-electron chi connectivity index (χ2n) is 8.35. The molecule has 0 saturated heterocycles. The van der Waals surface area contributed by atoms with Crippen molar-refractivity contribution in [3.8, 4) is 11.5 Å². The summed E-state index contributed by atoms with van der Waals surface area (Å²) in [7, 11) is 3.01. The van der Waals surface area contributed by atoms with Crippen LogP contribution in [0.15, 0.2) is 46.3 Å². The second-order valence-corrected chi connectivity index (χ2v) is 11.3. The highest BCUT2D eigenvalue weighted by atomic mass is 32.2. The van der Waals surface area contributed by atoms with Crippen LogP contribution in [0, 0.1) is 0 Å². The fraction of sp³-hybridized carbons (Fsp3) is 0.417. The van der Waals surface area contributed by atoms with E-state index in [0.717, 1.165) is 42.3 Å². The molecule has 1 aliphatic carbocycles. The second kappa shape index (κ2) is 9.89. The van der Waals surface area contributed by atoms with E-state index in [9.17, 15) is 13.2 Å². The number of amides is 1. The third-order valence-corrected chi connectivity index (χ3v) is 9.45. The summed E-state index contributed by atoms with van der Waals surface area (Å²) in [5.41, 5.74) is 1.10. The van der Waals surface area contributed by atoms with Gasteiger partial charge in [-0.25, -0.2) is 8.42 Å². The molecule has 182 valence electrons. The topological polar surface area (TPSA) is 90.2 Å². The van der Waals surface area contributed by atoms with Gasteiger partial charge in [0.15, 0.2) is 4.80 Å². The maximum absolute atomic E-state index is 13.1. The van der Waals surface area contributed by atoms with Crippen LogP contribution >= 0.6 is 11.3 Å². The average Bonchev–Trinajstić information content (AvgIpc) is 3.19. The van der Waals surface area contributed by atoms with E-state index >= 15 is 0 Å². The molecular weight excluding hydrogens is 474 g/mol. The lowest BCUT2D eigenvalue weighted by atomic mass is 9.96. The average molecular weight is 504 g/mol. The Kier molecular flexibility index (Phi) is 7.11. The fourth-order valence-electron chi connectivity index (χ4n) is 4.36. The lowest BCUT2D eigenvalue weighted by Crippen LogP contribution is -2.38. The molecule has 0 bridgehead atoms. The molecule has 1 heterocycles. The van der Waals surface area contributed by atoms with Crippen LogP contribution < -0.4 is 14.3 Å². The summed E-state index contributed by atoms with van der Waals surface area (Å²) in [4.78, 5) is 17.8. The molecule has 0 atom stereocenters. The molecule has 0 aliphatic heterocycles. The van der Waals surface area contributed by atoms with Gasteiger partial charge in [0.1, 0.15) is 21.7 Å². The van der Waals surface area contributed by atoms with Gasteiger partial charge in [-0.2, -0.15) is 9.30 Å². The van der Waals surface area contributed by atoms with Crippen molar-refractivity contribution in [2.45, 2.75) is 43.0 Å². The zero-order chi connectivity index (χ0) is 24.5. The molecule has 1 aliphatic rings. The number of aromatic nitrogens is 1. The molecule has 34 heavy (non-hydrogen) atoms. The number of rotatable bonds is 6. The predicted molar refractivity (Wildman–Crippen MR) is 132 cm³/mol. The van der Waals surface area contributed by atoms with Gasteiger partial charge in [-0.15, -0.1) is 0 Å². The van der Waals surface area contributed by atoms with Crippen molar-refractivity contribution in [2.24, 2.45) is 12.0 Å². The third-order valence-electron chi connectivity index (χ3n) is 6.38. The molecule has 2 aromatic carbocycles. The van der Waals surface area contributed by atoms with E-state index in [1.165, 1.54) is 39.9 Å². The van der Waals surface area contributed by atoms with Crippen molar-refractivity contribution in [2.75, 3.05) is 21.3 Å². The number of nitrogens with zero attached hydrogens (tertiary/aromatic N) is 3. The zero-order valence-electron chi connectivity index (χ0n) is 19.8. The van der Waals surface area contributed by atoms with Crippen LogP contribution in [-0.4, -0.2) is 50.5 Å². The normalized spacial score (nSPS) is 15.7. The van der Waals surface area contributed by atoms with Gasteiger partial charge in [-0.3, -0.25) is 4.79 Å². The standard InChI is InChI=1S/C24H29N3O5S2/c1-26-21-19(31-3)14-15-20(32-4)22(21)33-24(26)25-23(28)16-10-12-18(13-11-16)34(29,30)27(2)17-8-6-5-7-9-17/h10-15,17H,5-9H2,1-4H3. The van der Waals surface area contributed by atoms with Crippen LogP contribution in [0.5, 0.6) is 11.5 Å². The molecule has 1 aromatic heterocycles. The van der Waals surface area contributed by atoms with E-state index in [2.05, 4.69) is 4.99 Å². The largest absolute Gasteiger partial charge is 0.495 e. The number of aryl methyl sites for hydroxylation is 1. The van der Waals surface area contributed by atoms with Gasteiger partial charge in [0.05, 0.1) is 19.1 Å². The Labute approximate surface area is 203 Å². The van der Waals surface area contributed by atoms with Crippen molar-refractivity contribution in [1.29, 1.82) is 0 Å². The van der Waals surface area contributed by atoms with E-state index in [0.29, 0.717) is 21.9 Å². The summed E-state index contributed by atoms with van der Waals surface area (Å²) in [5, 5.41) is 0. The van der Waals surface area contributed by atoms with Gasteiger partial charge in [-0.1, -0.05) is 30.6 Å². The van der Waals surface area contributed by atoms with Crippen molar-refractivity contribution in [3.05, 3.63) is 46.8 Å². The molecular formula is C24H29N3O5S2. The molecule has 8 nitrogen and oxygen atoms in total. The number of thiazole rings is 1. The highest BCUT2D eigenvalue weighted by Gasteiger charge is 2.29. The van der Waals surface area contributed by atoms with E-state index in [1.54, 1.807) is 25.8 Å².